The second-order valence-corrected chi connectivity index (χ2v) is 8.72. The van der Waals surface area contributed by atoms with Crippen molar-refractivity contribution in [3.8, 4) is 5.75 Å². The van der Waals surface area contributed by atoms with E-state index in [1.54, 1.807) is 19.1 Å². The van der Waals surface area contributed by atoms with Crippen LogP contribution in [-0.4, -0.2) is 72.4 Å². The first kappa shape index (κ1) is 20.8. The van der Waals surface area contributed by atoms with Crippen molar-refractivity contribution in [1.29, 1.82) is 0 Å². The number of carbonyl (C=O) groups excluding carboxylic acids is 2. The fraction of sp³-hybridized carbons (Fsp3) is 0.417. The van der Waals surface area contributed by atoms with Crippen LogP contribution in [0.1, 0.15) is 17.5 Å². The van der Waals surface area contributed by atoms with Gasteiger partial charge in [0.1, 0.15) is 24.2 Å². The van der Waals surface area contributed by atoms with Gasteiger partial charge in [-0.05, 0) is 43.2 Å². The molecule has 3 aliphatic rings. The monoisotopic (exact) mass is 435 g/mol. The number of anilines is 1. The van der Waals surface area contributed by atoms with E-state index in [0.717, 1.165) is 42.1 Å². The summed E-state index contributed by atoms with van der Waals surface area (Å²) in [5, 5.41) is 3.55. The molecule has 168 valence electrons. The number of methoxy groups -OCH3 is 1. The van der Waals surface area contributed by atoms with Crippen molar-refractivity contribution in [2.45, 2.75) is 38.4 Å². The minimum Gasteiger partial charge on any atom is -0.497 e. The Morgan fingerprint density at radius 2 is 1.75 bits per heavy atom. The maximum atomic E-state index is 13.6. The van der Waals surface area contributed by atoms with Gasteiger partial charge in [0.05, 0.1) is 13.7 Å². The lowest BCUT2D eigenvalue weighted by atomic mass is 10.1. The molecule has 0 aliphatic carbocycles. The highest BCUT2D eigenvalue weighted by atomic mass is 16.5. The molecule has 0 radical (unpaired) electrons. The number of likely N-dealkylation sites (N-methyl/N-ethyl adjacent to an activating group) is 1. The molecule has 0 aromatic heterocycles. The van der Waals surface area contributed by atoms with Crippen LogP contribution >= 0.6 is 0 Å². The van der Waals surface area contributed by atoms with Crippen molar-refractivity contribution in [2.75, 3.05) is 32.1 Å². The highest BCUT2D eigenvalue weighted by Gasteiger charge is 2.56. The van der Waals surface area contributed by atoms with E-state index in [0.29, 0.717) is 0 Å². The van der Waals surface area contributed by atoms with Crippen LogP contribution in [0.4, 0.5) is 10.5 Å². The van der Waals surface area contributed by atoms with Gasteiger partial charge in [0, 0.05) is 25.8 Å². The number of ether oxygens (including phenoxy) is 1. The molecule has 3 fully saturated rings. The molecule has 0 saturated carbocycles. The summed E-state index contributed by atoms with van der Waals surface area (Å²) in [5.41, 5.74) is 3.16. The second kappa shape index (κ2) is 8.11. The number of urea groups is 1. The molecule has 5 rings (SSSR count). The summed E-state index contributed by atoms with van der Waals surface area (Å²) in [4.78, 5) is 34.2. The molecule has 8 nitrogen and oxygen atoms in total. The standard InChI is InChI=1S/C24H29N5O3/c1-16-5-7-17(8-6-16)15-29-22(30)20-21(26(2)24(29)31)25-23-27(13-4-14-28(20)23)18-9-11-19(32-3)12-10-18/h5-12,20-21,23,25H,4,13-15H2,1-3H3. The van der Waals surface area contributed by atoms with E-state index < -0.39 is 6.04 Å². The van der Waals surface area contributed by atoms with E-state index in [9.17, 15) is 9.59 Å². The Hall–Kier alpha value is -3.10. The maximum Gasteiger partial charge on any atom is 0.328 e. The molecule has 3 aliphatic heterocycles. The van der Waals surface area contributed by atoms with Gasteiger partial charge >= 0.3 is 6.03 Å². The Bertz CT molecular complexity index is 1010. The van der Waals surface area contributed by atoms with Crippen LogP contribution in [0.15, 0.2) is 48.5 Å². The number of hydrogen-bond acceptors (Lipinski definition) is 6. The number of imide groups is 1. The number of benzene rings is 2. The number of nitrogens with zero attached hydrogens (tertiary/aromatic N) is 4. The normalized spacial score (nSPS) is 25.7. The molecular formula is C24H29N5O3. The van der Waals surface area contributed by atoms with Crippen molar-refractivity contribution in [3.63, 3.8) is 0 Å². The van der Waals surface area contributed by atoms with Crippen LogP contribution < -0.4 is 15.0 Å². The number of aryl methyl sites for hydroxylation is 1. The molecule has 3 saturated heterocycles. The maximum absolute atomic E-state index is 13.6. The summed E-state index contributed by atoms with van der Waals surface area (Å²) in [7, 11) is 3.43. The number of hydrogen-bond donors (Lipinski definition) is 1. The van der Waals surface area contributed by atoms with E-state index >= 15 is 0 Å². The largest absolute Gasteiger partial charge is 0.497 e. The molecule has 3 atom stereocenters. The molecule has 0 bridgehead atoms. The van der Waals surface area contributed by atoms with Crippen LogP contribution in [0.5, 0.6) is 5.75 Å². The van der Waals surface area contributed by atoms with Crippen molar-refractivity contribution < 1.29 is 14.3 Å². The SMILES string of the molecule is COc1ccc(N2CCCN3C4C(=O)N(Cc5ccc(C)cc5)C(=O)N(C)C4NC23)cc1. The summed E-state index contributed by atoms with van der Waals surface area (Å²) < 4.78 is 5.29. The van der Waals surface area contributed by atoms with E-state index in [-0.39, 0.29) is 30.9 Å². The summed E-state index contributed by atoms with van der Waals surface area (Å²) in [6, 6.07) is 15.2. The Balaban J connectivity index is 1.41. The lowest BCUT2D eigenvalue weighted by Crippen LogP contribution is -2.66. The summed E-state index contributed by atoms with van der Waals surface area (Å²) in [6.45, 7) is 3.98. The van der Waals surface area contributed by atoms with Gasteiger partial charge in [-0.2, -0.15) is 0 Å². The average molecular weight is 436 g/mol. The number of carbonyl (C=O) groups is 2. The van der Waals surface area contributed by atoms with Crippen LogP contribution in [-0.2, 0) is 11.3 Å². The van der Waals surface area contributed by atoms with Crippen LogP contribution in [0.3, 0.4) is 0 Å². The Labute approximate surface area is 188 Å². The smallest absolute Gasteiger partial charge is 0.328 e. The first-order chi connectivity index (χ1) is 15.5. The van der Waals surface area contributed by atoms with Crippen molar-refractivity contribution >= 4 is 17.6 Å². The lowest BCUT2D eigenvalue weighted by Gasteiger charge is -2.44. The van der Waals surface area contributed by atoms with E-state index in [4.69, 9.17) is 4.74 Å². The number of rotatable bonds is 4. The zero-order valence-electron chi connectivity index (χ0n) is 18.7. The van der Waals surface area contributed by atoms with E-state index in [1.165, 1.54) is 4.90 Å². The van der Waals surface area contributed by atoms with Gasteiger partial charge < -0.3 is 14.5 Å². The topological polar surface area (TPSA) is 68.4 Å². The zero-order chi connectivity index (χ0) is 22.4. The van der Waals surface area contributed by atoms with Gasteiger partial charge in [-0.1, -0.05) is 29.8 Å². The molecule has 3 amide bonds. The van der Waals surface area contributed by atoms with Gasteiger partial charge in [0.15, 0.2) is 0 Å². The summed E-state index contributed by atoms with van der Waals surface area (Å²) >= 11 is 0. The molecule has 0 spiro atoms. The van der Waals surface area contributed by atoms with Gasteiger partial charge in [0.25, 0.3) is 5.91 Å². The number of nitrogens with one attached hydrogen (secondary N) is 1. The van der Waals surface area contributed by atoms with E-state index in [1.807, 2.05) is 55.5 Å². The average Bonchev–Trinajstić information content (AvgIpc) is 3.22. The molecule has 3 heterocycles. The third kappa shape index (κ3) is 3.40. The minimum atomic E-state index is -0.408. The zero-order valence-corrected chi connectivity index (χ0v) is 18.7. The molecule has 3 unspecified atom stereocenters. The van der Waals surface area contributed by atoms with Crippen molar-refractivity contribution in [2.24, 2.45) is 0 Å². The lowest BCUT2D eigenvalue weighted by molar-refractivity contribution is -0.139. The Kier molecular flexibility index (Phi) is 5.27. The third-order valence-corrected chi connectivity index (χ3v) is 6.74. The fourth-order valence-corrected chi connectivity index (χ4v) is 4.98. The highest BCUT2D eigenvalue weighted by Crippen LogP contribution is 2.34. The molecule has 8 heteroatoms. The second-order valence-electron chi connectivity index (χ2n) is 8.72. The van der Waals surface area contributed by atoms with Crippen LogP contribution in [0.2, 0.25) is 0 Å². The molecule has 2 aromatic carbocycles. The van der Waals surface area contributed by atoms with Crippen LogP contribution in [0, 0.1) is 6.92 Å². The highest BCUT2D eigenvalue weighted by molar-refractivity contribution is 6.00. The van der Waals surface area contributed by atoms with Crippen molar-refractivity contribution in [1.82, 2.24) is 20.0 Å². The van der Waals surface area contributed by atoms with Gasteiger partial charge in [-0.15, -0.1) is 0 Å². The van der Waals surface area contributed by atoms with Gasteiger partial charge in [-0.25, -0.2) is 4.79 Å². The third-order valence-electron chi connectivity index (χ3n) is 6.74. The van der Waals surface area contributed by atoms with Gasteiger partial charge in [-0.3, -0.25) is 19.9 Å². The van der Waals surface area contributed by atoms with E-state index in [2.05, 4.69) is 15.1 Å². The molecular weight excluding hydrogens is 406 g/mol. The molecule has 2 aromatic rings. The predicted octanol–water partition coefficient (Wildman–Crippen LogP) is 2.19. The molecule has 32 heavy (non-hydrogen) atoms. The predicted molar refractivity (Wildman–Crippen MR) is 121 cm³/mol. The summed E-state index contributed by atoms with van der Waals surface area (Å²) in [6.07, 6.45) is 0.440. The van der Waals surface area contributed by atoms with Crippen LogP contribution in [0.25, 0.3) is 0 Å². The molecule has 1 N–H and O–H groups in total. The minimum absolute atomic E-state index is 0.134. The number of amides is 3. The Morgan fingerprint density at radius 1 is 1.03 bits per heavy atom. The first-order valence-electron chi connectivity index (χ1n) is 11.0. The van der Waals surface area contributed by atoms with Crippen molar-refractivity contribution in [3.05, 3.63) is 59.7 Å². The Morgan fingerprint density at radius 3 is 2.44 bits per heavy atom. The quantitative estimate of drug-likeness (QED) is 0.794. The first-order valence-corrected chi connectivity index (χ1v) is 11.0. The number of fused-ring (bicyclic) bond motifs is 3. The van der Waals surface area contributed by atoms with Gasteiger partial charge in [0.2, 0.25) is 0 Å². The summed E-state index contributed by atoms with van der Waals surface area (Å²) in [5.74, 6) is 0.674. The fourth-order valence-electron chi connectivity index (χ4n) is 4.98.